The minimum Gasteiger partial charge on any atom is -0.495 e. The average molecular weight is 220 g/mol. The van der Waals surface area contributed by atoms with E-state index in [1.165, 1.54) is 6.42 Å². The van der Waals surface area contributed by atoms with Gasteiger partial charge in [0.25, 0.3) is 0 Å². The molecule has 1 saturated carbocycles. The maximum Gasteiger partial charge on any atom is 0.168 e. The maximum absolute atomic E-state index is 10.0. The molecule has 3 nitrogen and oxygen atoms in total. The molecule has 2 heterocycles. The highest BCUT2D eigenvalue weighted by atomic mass is 16.5. The minimum absolute atomic E-state index is 0.555. The van der Waals surface area contributed by atoms with Crippen LogP contribution in [0.1, 0.15) is 43.3 Å². The van der Waals surface area contributed by atoms with Gasteiger partial charge in [-0.3, -0.25) is 0 Å². The Balaban J connectivity index is 1.76. The number of hydrogen-bond acceptors (Lipinski definition) is 3. The second kappa shape index (κ2) is 3.67. The maximum atomic E-state index is 10.0. The van der Waals surface area contributed by atoms with Gasteiger partial charge >= 0.3 is 0 Å². The second-order valence-electron chi connectivity index (χ2n) is 4.71. The Kier molecular flexibility index (Phi) is 2.28. The van der Waals surface area contributed by atoms with Crippen LogP contribution in [0.5, 0.6) is 0 Å². The smallest absolute Gasteiger partial charge is 0.168 e. The third-order valence-corrected chi connectivity index (χ3v) is 3.39. The van der Waals surface area contributed by atoms with Crippen LogP contribution in [-0.2, 0) is 4.74 Å². The van der Waals surface area contributed by atoms with Gasteiger partial charge in [-0.1, -0.05) is 6.92 Å². The molecule has 3 heteroatoms. The van der Waals surface area contributed by atoms with Crippen molar-refractivity contribution in [2.24, 2.45) is 5.92 Å². The molecule has 1 aromatic heterocycles. The molecule has 1 aliphatic heterocycles. The topological polar surface area (TPSA) is 42.6 Å². The summed E-state index contributed by atoms with van der Waals surface area (Å²) in [5.41, 5.74) is 0. The molecule has 0 radical (unpaired) electrons. The molecule has 0 aromatic carbocycles. The number of aliphatic hydroxyl groups is 1. The summed E-state index contributed by atoms with van der Waals surface area (Å²) in [6, 6.07) is 3.83. The second-order valence-corrected chi connectivity index (χ2v) is 4.71. The first kappa shape index (κ1) is 9.97. The van der Waals surface area contributed by atoms with E-state index in [1.807, 2.05) is 18.2 Å². The fourth-order valence-electron chi connectivity index (χ4n) is 2.20. The molecule has 1 aliphatic carbocycles. The van der Waals surface area contributed by atoms with E-state index in [2.05, 4.69) is 6.92 Å². The van der Waals surface area contributed by atoms with Gasteiger partial charge < -0.3 is 14.3 Å². The van der Waals surface area contributed by atoms with E-state index in [-0.39, 0.29) is 0 Å². The summed E-state index contributed by atoms with van der Waals surface area (Å²) < 4.78 is 11.0. The average Bonchev–Trinajstić information content (AvgIpc) is 2.84. The van der Waals surface area contributed by atoms with Crippen LogP contribution in [0.25, 0.3) is 0 Å². The lowest BCUT2D eigenvalue weighted by atomic mass is 10.2. The molecule has 86 valence electrons. The van der Waals surface area contributed by atoms with Crippen molar-refractivity contribution in [3.8, 4) is 0 Å². The van der Waals surface area contributed by atoms with Crippen molar-refractivity contribution in [3.05, 3.63) is 35.5 Å². The van der Waals surface area contributed by atoms with Gasteiger partial charge in [-0.15, -0.1) is 0 Å². The third kappa shape index (κ3) is 1.65. The van der Waals surface area contributed by atoms with Crippen LogP contribution in [0.15, 0.2) is 28.4 Å². The first-order valence-corrected chi connectivity index (χ1v) is 5.86. The van der Waals surface area contributed by atoms with Gasteiger partial charge in [0.1, 0.15) is 17.3 Å². The van der Waals surface area contributed by atoms with Crippen LogP contribution in [0, 0.1) is 5.92 Å². The monoisotopic (exact) mass is 220 g/mol. The predicted molar refractivity (Wildman–Crippen MR) is 58.8 cm³/mol. The van der Waals surface area contributed by atoms with Gasteiger partial charge in [-0.2, -0.15) is 0 Å². The molecule has 0 amide bonds. The van der Waals surface area contributed by atoms with Gasteiger partial charge in [0.2, 0.25) is 0 Å². The van der Waals surface area contributed by atoms with Crippen LogP contribution >= 0.6 is 0 Å². The van der Waals surface area contributed by atoms with Gasteiger partial charge in [0, 0.05) is 12.3 Å². The molecule has 3 unspecified atom stereocenters. The zero-order chi connectivity index (χ0) is 11.1. The van der Waals surface area contributed by atoms with Crippen molar-refractivity contribution < 1.29 is 14.3 Å². The van der Waals surface area contributed by atoms with Gasteiger partial charge in [-0.05, 0) is 30.5 Å². The summed E-state index contributed by atoms with van der Waals surface area (Å²) in [6.45, 7) is 2.88. The standard InChI is InChI=1S/C13H16O3/c1-8-7-9(8)10-4-5-12(16-10)13(14)11-3-2-6-15-11/h3-5,8-9,13-14H,2,6-7H2,1H3. The van der Waals surface area contributed by atoms with Crippen molar-refractivity contribution in [1.82, 2.24) is 0 Å². The summed E-state index contributed by atoms with van der Waals surface area (Å²) in [4.78, 5) is 0. The Morgan fingerprint density at radius 3 is 2.88 bits per heavy atom. The van der Waals surface area contributed by atoms with Crippen LogP contribution < -0.4 is 0 Å². The van der Waals surface area contributed by atoms with Gasteiger partial charge in [-0.25, -0.2) is 0 Å². The summed E-state index contributed by atoms with van der Waals surface area (Å²) in [6.07, 6.45) is 3.26. The summed E-state index contributed by atoms with van der Waals surface area (Å²) >= 11 is 0. The number of furan rings is 1. The number of ether oxygens (including phenoxy) is 1. The zero-order valence-electron chi connectivity index (χ0n) is 9.35. The fourth-order valence-corrected chi connectivity index (χ4v) is 2.20. The number of hydrogen-bond donors (Lipinski definition) is 1. The van der Waals surface area contributed by atoms with Gasteiger partial charge in [0.15, 0.2) is 6.10 Å². The molecule has 2 aliphatic rings. The zero-order valence-corrected chi connectivity index (χ0v) is 9.35. The molecule has 3 atom stereocenters. The van der Waals surface area contributed by atoms with E-state index >= 15 is 0 Å². The van der Waals surface area contributed by atoms with Crippen molar-refractivity contribution in [2.45, 2.75) is 31.8 Å². The first-order valence-electron chi connectivity index (χ1n) is 5.86. The highest BCUT2D eigenvalue weighted by Crippen LogP contribution is 2.47. The molecule has 0 spiro atoms. The van der Waals surface area contributed by atoms with Crippen LogP contribution in [-0.4, -0.2) is 11.7 Å². The van der Waals surface area contributed by atoms with Crippen molar-refractivity contribution in [1.29, 1.82) is 0 Å². The lowest BCUT2D eigenvalue weighted by molar-refractivity contribution is 0.101. The number of rotatable bonds is 3. The lowest BCUT2D eigenvalue weighted by Gasteiger charge is -2.09. The normalized spacial score (nSPS) is 29.8. The molecular weight excluding hydrogens is 204 g/mol. The summed E-state index contributed by atoms with van der Waals surface area (Å²) in [5.74, 6) is 3.50. The highest BCUT2D eigenvalue weighted by Gasteiger charge is 2.37. The quantitative estimate of drug-likeness (QED) is 0.851. The SMILES string of the molecule is CC1CC1c1ccc(C(O)C2=CCCO2)o1. The molecular formula is C13H16O3. The van der Waals surface area contributed by atoms with E-state index in [4.69, 9.17) is 9.15 Å². The van der Waals surface area contributed by atoms with E-state index in [9.17, 15) is 5.11 Å². The molecule has 1 N–H and O–H groups in total. The predicted octanol–water partition coefficient (Wildman–Crippen LogP) is 2.74. The van der Waals surface area contributed by atoms with Crippen molar-refractivity contribution in [2.75, 3.05) is 6.61 Å². The van der Waals surface area contributed by atoms with Crippen LogP contribution in [0.2, 0.25) is 0 Å². The van der Waals surface area contributed by atoms with Crippen molar-refractivity contribution in [3.63, 3.8) is 0 Å². The van der Waals surface area contributed by atoms with Crippen LogP contribution in [0.4, 0.5) is 0 Å². The molecule has 1 aromatic rings. The largest absolute Gasteiger partial charge is 0.495 e. The molecule has 0 bridgehead atoms. The molecule has 0 saturated heterocycles. The van der Waals surface area contributed by atoms with E-state index < -0.39 is 6.10 Å². The minimum atomic E-state index is -0.731. The molecule has 3 rings (SSSR count). The third-order valence-electron chi connectivity index (χ3n) is 3.39. The van der Waals surface area contributed by atoms with E-state index in [1.54, 1.807) is 0 Å². The fraction of sp³-hybridized carbons (Fsp3) is 0.538. The van der Waals surface area contributed by atoms with E-state index in [0.717, 1.165) is 18.1 Å². The van der Waals surface area contributed by atoms with Gasteiger partial charge in [0.05, 0.1) is 6.61 Å². The Hall–Kier alpha value is -1.22. The number of aliphatic hydroxyl groups excluding tert-OH is 1. The molecule has 1 fully saturated rings. The Morgan fingerprint density at radius 2 is 2.25 bits per heavy atom. The Bertz CT molecular complexity index is 419. The molecule has 16 heavy (non-hydrogen) atoms. The summed E-state index contributed by atoms with van der Waals surface area (Å²) in [7, 11) is 0. The lowest BCUT2D eigenvalue weighted by Crippen LogP contribution is -2.00. The summed E-state index contributed by atoms with van der Waals surface area (Å²) in [5, 5.41) is 10.0. The van der Waals surface area contributed by atoms with E-state index in [0.29, 0.717) is 24.0 Å². The first-order chi connectivity index (χ1) is 7.75. The highest BCUT2D eigenvalue weighted by molar-refractivity contribution is 5.22. The Labute approximate surface area is 94.7 Å². The van der Waals surface area contributed by atoms with Crippen molar-refractivity contribution >= 4 is 0 Å². The Morgan fingerprint density at radius 1 is 1.44 bits per heavy atom. The van der Waals surface area contributed by atoms with Crippen LogP contribution in [0.3, 0.4) is 0 Å².